The Hall–Kier alpha value is -1.67. The molecule has 0 radical (unpaired) electrons. The Balaban J connectivity index is 2.30. The zero-order valence-corrected chi connectivity index (χ0v) is 11.1. The van der Waals surface area contributed by atoms with Gasteiger partial charge in [0.25, 0.3) is 0 Å². The van der Waals surface area contributed by atoms with Crippen LogP contribution in [0.25, 0.3) is 0 Å². The molecule has 2 nitrogen and oxygen atoms in total. The molecule has 2 rings (SSSR count). The average molecular weight is 241 g/mol. The van der Waals surface area contributed by atoms with E-state index in [1.54, 1.807) is 12.4 Å². The Morgan fingerprint density at radius 3 is 2.39 bits per heavy atom. The van der Waals surface area contributed by atoms with Gasteiger partial charge in [-0.2, -0.15) is 0 Å². The van der Waals surface area contributed by atoms with Gasteiger partial charge in [-0.05, 0) is 38.0 Å². The van der Waals surface area contributed by atoms with Crippen LogP contribution in [0.1, 0.15) is 29.2 Å². The molecule has 0 aliphatic carbocycles. The van der Waals surface area contributed by atoms with E-state index in [-0.39, 0.29) is 0 Å². The third-order valence-corrected chi connectivity index (χ3v) is 3.11. The molecule has 0 saturated heterocycles. The predicted molar refractivity (Wildman–Crippen MR) is 73.4 cm³/mol. The largest absolute Gasteiger partial charge is 0.385 e. The highest BCUT2D eigenvalue weighted by Gasteiger charge is 2.24. The van der Waals surface area contributed by atoms with Crippen molar-refractivity contribution in [3.05, 3.63) is 65.0 Å². The van der Waals surface area contributed by atoms with Gasteiger partial charge in [-0.3, -0.25) is 4.98 Å². The second kappa shape index (κ2) is 4.91. The lowest BCUT2D eigenvalue weighted by Gasteiger charge is -2.25. The molecule has 0 bridgehead atoms. The van der Waals surface area contributed by atoms with Crippen LogP contribution in [-0.2, 0) is 12.0 Å². The molecular formula is C16H19NO. The summed E-state index contributed by atoms with van der Waals surface area (Å²) in [5, 5.41) is 10.7. The monoisotopic (exact) mass is 241 g/mol. The van der Waals surface area contributed by atoms with E-state index in [1.807, 2.05) is 31.2 Å². The minimum Gasteiger partial charge on any atom is -0.385 e. The van der Waals surface area contributed by atoms with E-state index in [1.165, 1.54) is 11.1 Å². The Bertz CT molecular complexity index is 512. The fourth-order valence-corrected chi connectivity index (χ4v) is 2.29. The van der Waals surface area contributed by atoms with Crippen molar-refractivity contribution in [1.82, 2.24) is 4.98 Å². The molecule has 94 valence electrons. The summed E-state index contributed by atoms with van der Waals surface area (Å²) in [7, 11) is 0. The van der Waals surface area contributed by atoms with Gasteiger partial charge >= 0.3 is 0 Å². The van der Waals surface area contributed by atoms with Crippen molar-refractivity contribution in [2.45, 2.75) is 32.8 Å². The molecular weight excluding hydrogens is 222 g/mol. The minimum atomic E-state index is -0.861. The standard InChI is InChI=1S/C16H19NO/c1-12-7-13(2)9-15(8-12)16(3,18)10-14-5-4-6-17-11-14/h4-9,11,18H,10H2,1-3H3. The van der Waals surface area contributed by atoms with Gasteiger partial charge in [-0.1, -0.05) is 35.4 Å². The van der Waals surface area contributed by atoms with Crippen LogP contribution in [0.3, 0.4) is 0 Å². The Morgan fingerprint density at radius 1 is 1.17 bits per heavy atom. The van der Waals surface area contributed by atoms with E-state index >= 15 is 0 Å². The first-order valence-corrected chi connectivity index (χ1v) is 6.17. The molecule has 2 aromatic rings. The van der Waals surface area contributed by atoms with Crippen molar-refractivity contribution < 1.29 is 5.11 Å². The summed E-state index contributed by atoms with van der Waals surface area (Å²) >= 11 is 0. The lowest BCUT2D eigenvalue weighted by molar-refractivity contribution is 0.0574. The molecule has 0 fully saturated rings. The average Bonchev–Trinajstić information content (AvgIpc) is 2.28. The number of pyridine rings is 1. The van der Waals surface area contributed by atoms with Crippen LogP contribution in [0.4, 0.5) is 0 Å². The number of aromatic nitrogens is 1. The first-order chi connectivity index (χ1) is 8.47. The molecule has 0 aliphatic rings. The summed E-state index contributed by atoms with van der Waals surface area (Å²) in [6, 6.07) is 10.1. The quantitative estimate of drug-likeness (QED) is 0.895. The van der Waals surface area contributed by atoms with E-state index in [9.17, 15) is 5.11 Å². The van der Waals surface area contributed by atoms with Crippen molar-refractivity contribution in [1.29, 1.82) is 0 Å². The number of hydrogen-bond acceptors (Lipinski definition) is 2. The maximum atomic E-state index is 10.7. The molecule has 1 aromatic heterocycles. The number of benzene rings is 1. The van der Waals surface area contributed by atoms with E-state index in [0.29, 0.717) is 6.42 Å². The van der Waals surface area contributed by atoms with E-state index in [4.69, 9.17) is 0 Å². The highest BCUT2D eigenvalue weighted by Crippen LogP contribution is 2.26. The lowest BCUT2D eigenvalue weighted by atomic mass is 9.88. The normalized spacial score (nSPS) is 14.2. The zero-order valence-electron chi connectivity index (χ0n) is 11.1. The topological polar surface area (TPSA) is 33.1 Å². The van der Waals surface area contributed by atoms with Crippen molar-refractivity contribution in [3.8, 4) is 0 Å². The maximum Gasteiger partial charge on any atom is 0.0909 e. The molecule has 0 saturated carbocycles. The van der Waals surface area contributed by atoms with Gasteiger partial charge in [-0.15, -0.1) is 0 Å². The third kappa shape index (κ3) is 2.96. The van der Waals surface area contributed by atoms with Crippen LogP contribution in [0, 0.1) is 13.8 Å². The summed E-state index contributed by atoms with van der Waals surface area (Å²) < 4.78 is 0. The summed E-state index contributed by atoms with van der Waals surface area (Å²) in [6.07, 6.45) is 4.12. The third-order valence-electron chi connectivity index (χ3n) is 3.11. The van der Waals surface area contributed by atoms with Crippen LogP contribution < -0.4 is 0 Å². The summed E-state index contributed by atoms with van der Waals surface area (Å²) in [5.41, 5.74) is 3.50. The highest BCUT2D eigenvalue weighted by atomic mass is 16.3. The van der Waals surface area contributed by atoms with Gasteiger partial charge in [0.2, 0.25) is 0 Å². The molecule has 0 amide bonds. The molecule has 1 atom stereocenters. The molecule has 0 spiro atoms. The minimum absolute atomic E-state index is 0.573. The maximum absolute atomic E-state index is 10.7. The van der Waals surface area contributed by atoms with Gasteiger partial charge in [-0.25, -0.2) is 0 Å². The molecule has 2 heteroatoms. The fraction of sp³-hybridized carbons (Fsp3) is 0.312. The molecule has 1 unspecified atom stereocenters. The summed E-state index contributed by atoms with van der Waals surface area (Å²) in [6.45, 7) is 5.96. The van der Waals surface area contributed by atoms with Crippen molar-refractivity contribution in [2.24, 2.45) is 0 Å². The lowest BCUT2D eigenvalue weighted by Crippen LogP contribution is -2.24. The smallest absolute Gasteiger partial charge is 0.0909 e. The van der Waals surface area contributed by atoms with Gasteiger partial charge in [0.15, 0.2) is 0 Å². The van der Waals surface area contributed by atoms with E-state index in [0.717, 1.165) is 11.1 Å². The number of rotatable bonds is 3. The summed E-state index contributed by atoms with van der Waals surface area (Å²) in [5.74, 6) is 0. The van der Waals surface area contributed by atoms with E-state index in [2.05, 4.69) is 24.9 Å². The Morgan fingerprint density at radius 2 is 1.83 bits per heavy atom. The van der Waals surface area contributed by atoms with Crippen LogP contribution in [0.5, 0.6) is 0 Å². The van der Waals surface area contributed by atoms with Crippen LogP contribution >= 0.6 is 0 Å². The van der Waals surface area contributed by atoms with Crippen LogP contribution in [-0.4, -0.2) is 10.1 Å². The SMILES string of the molecule is Cc1cc(C)cc(C(C)(O)Cc2cccnc2)c1. The fourth-order valence-electron chi connectivity index (χ4n) is 2.29. The van der Waals surface area contributed by atoms with Crippen LogP contribution in [0.15, 0.2) is 42.7 Å². The Kier molecular flexibility index (Phi) is 3.48. The first-order valence-electron chi connectivity index (χ1n) is 6.17. The zero-order chi connectivity index (χ0) is 13.2. The molecule has 1 N–H and O–H groups in total. The van der Waals surface area contributed by atoms with Crippen molar-refractivity contribution in [2.75, 3.05) is 0 Å². The number of aliphatic hydroxyl groups is 1. The first kappa shape index (κ1) is 12.8. The highest BCUT2D eigenvalue weighted by molar-refractivity contribution is 5.33. The number of nitrogens with zero attached hydrogens (tertiary/aromatic N) is 1. The van der Waals surface area contributed by atoms with Gasteiger partial charge in [0.05, 0.1) is 5.60 Å². The van der Waals surface area contributed by atoms with E-state index < -0.39 is 5.60 Å². The van der Waals surface area contributed by atoms with Crippen molar-refractivity contribution >= 4 is 0 Å². The molecule has 0 aliphatic heterocycles. The molecule has 1 aromatic carbocycles. The van der Waals surface area contributed by atoms with Crippen LogP contribution in [0.2, 0.25) is 0 Å². The Labute approximate surface area is 108 Å². The number of aryl methyl sites for hydroxylation is 2. The second-order valence-corrected chi connectivity index (χ2v) is 5.19. The predicted octanol–water partition coefficient (Wildman–Crippen LogP) is 3.15. The second-order valence-electron chi connectivity index (χ2n) is 5.19. The molecule has 18 heavy (non-hydrogen) atoms. The number of hydrogen-bond donors (Lipinski definition) is 1. The van der Waals surface area contributed by atoms with Gasteiger partial charge in [0.1, 0.15) is 0 Å². The van der Waals surface area contributed by atoms with Crippen molar-refractivity contribution in [3.63, 3.8) is 0 Å². The summed E-state index contributed by atoms with van der Waals surface area (Å²) in [4.78, 5) is 4.09. The van der Waals surface area contributed by atoms with Gasteiger partial charge < -0.3 is 5.11 Å². The molecule has 1 heterocycles. The van der Waals surface area contributed by atoms with Gasteiger partial charge in [0, 0.05) is 18.8 Å².